The van der Waals surface area contributed by atoms with Gasteiger partial charge in [0.05, 0.1) is 47.5 Å². The van der Waals surface area contributed by atoms with E-state index in [4.69, 9.17) is 9.47 Å². The molecule has 1 aliphatic rings. The number of ether oxygens (including phenoxy) is 2. The second-order valence-corrected chi connectivity index (χ2v) is 15.8. The van der Waals surface area contributed by atoms with Crippen LogP contribution in [0.15, 0.2) is 48.8 Å². The van der Waals surface area contributed by atoms with Crippen molar-refractivity contribution in [2.45, 2.75) is 70.6 Å². The number of nitrogens with zero attached hydrogens (tertiary/aromatic N) is 4. The van der Waals surface area contributed by atoms with Gasteiger partial charge in [-0.1, -0.05) is 0 Å². The Balaban J connectivity index is 1.79. The number of carbonyl (C=O) groups is 1. The van der Waals surface area contributed by atoms with Crippen molar-refractivity contribution < 1.29 is 62.2 Å². The minimum Gasteiger partial charge on any atom is -0.489 e. The molecule has 0 radical (unpaired) electrons. The molecule has 304 valence electrons. The number of benzene rings is 2. The third kappa shape index (κ3) is 12.4. The maximum atomic E-state index is 14.1. The molecule has 0 saturated heterocycles. The SMILES string of the molecule is CCN(CC1CCC(COC=O)CC1)c1ccc(C(F)(F)F)cc1CN(c1ncc(OCCS(C)(=O)=O)cn1)[C@H](C)c1cc(C(F)(F)F)cc(C(F)(F)F)c1. The minimum atomic E-state index is -5.17. The average Bonchev–Trinajstić information content (AvgIpc) is 3.10. The molecule has 0 bridgehead atoms. The predicted octanol–water partition coefficient (Wildman–Crippen LogP) is 8.53. The Kier molecular flexibility index (Phi) is 14.0. The molecule has 1 heterocycles. The Morgan fingerprint density at radius 1 is 0.855 bits per heavy atom. The van der Waals surface area contributed by atoms with Gasteiger partial charge in [-0.15, -0.1) is 0 Å². The molecule has 0 N–H and O–H groups in total. The Hall–Kier alpha value is -4.29. The smallest absolute Gasteiger partial charge is 0.416 e. The fourth-order valence-electron chi connectivity index (χ4n) is 6.47. The number of hydrogen-bond acceptors (Lipinski definition) is 9. The van der Waals surface area contributed by atoms with Crippen molar-refractivity contribution in [1.29, 1.82) is 0 Å². The molecule has 9 nitrogen and oxygen atoms in total. The summed E-state index contributed by atoms with van der Waals surface area (Å²) < 4.78 is 159. The second kappa shape index (κ2) is 17.7. The normalized spacial score (nSPS) is 17.4. The molecule has 2 aromatic carbocycles. The van der Waals surface area contributed by atoms with Crippen molar-refractivity contribution in [2.75, 3.05) is 48.1 Å². The summed E-state index contributed by atoms with van der Waals surface area (Å²) in [5.41, 5.74) is -4.24. The molecule has 55 heavy (non-hydrogen) atoms. The van der Waals surface area contributed by atoms with Gasteiger partial charge in [-0.3, -0.25) is 4.79 Å². The quantitative estimate of drug-likeness (QED) is 0.104. The van der Waals surface area contributed by atoms with E-state index in [1.165, 1.54) is 17.9 Å². The fourth-order valence-corrected chi connectivity index (χ4v) is 6.86. The number of hydrogen-bond donors (Lipinski definition) is 0. The lowest BCUT2D eigenvalue weighted by Gasteiger charge is -2.36. The van der Waals surface area contributed by atoms with Crippen molar-refractivity contribution in [2.24, 2.45) is 11.8 Å². The molecule has 0 spiro atoms. The third-order valence-corrected chi connectivity index (χ3v) is 10.4. The van der Waals surface area contributed by atoms with Crippen molar-refractivity contribution in [3.8, 4) is 5.75 Å². The van der Waals surface area contributed by atoms with Gasteiger partial charge in [0.25, 0.3) is 6.47 Å². The van der Waals surface area contributed by atoms with E-state index in [0.29, 0.717) is 37.4 Å². The van der Waals surface area contributed by atoms with Crippen LogP contribution in [0, 0.1) is 11.8 Å². The van der Waals surface area contributed by atoms with E-state index in [9.17, 15) is 52.7 Å². The summed E-state index contributed by atoms with van der Waals surface area (Å²) in [5, 5.41) is 0. The molecule has 0 unspecified atom stereocenters. The number of rotatable bonds is 16. The maximum absolute atomic E-state index is 14.1. The zero-order valence-electron chi connectivity index (χ0n) is 30.1. The van der Waals surface area contributed by atoms with Gasteiger partial charge in [-0.25, -0.2) is 18.4 Å². The van der Waals surface area contributed by atoms with Gasteiger partial charge in [0.1, 0.15) is 6.61 Å². The average molecular weight is 813 g/mol. The first-order valence-electron chi connectivity index (χ1n) is 17.3. The molecule has 1 atom stereocenters. The lowest BCUT2D eigenvalue weighted by atomic mass is 9.82. The zero-order chi connectivity index (χ0) is 40.8. The first-order chi connectivity index (χ1) is 25.6. The molecular weight excluding hydrogens is 771 g/mol. The van der Waals surface area contributed by atoms with Crippen LogP contribution in [-0.2, 0) is 44.4 Å². The topological polar surface area (TPSA) is 102 Å². The van der Waals surface area contributed by atoms with E-state index in [-0.39, 0.29) is 54.1 Å². The molecule has 1 fully saturated rings. The van der Waals surface area contributed by atoms with Crippen LogP contribution in [0.2, 0.25) is 0 Å². The van der Waals surface area contributed by atoms with Crippen molar-refractivity contribution in [1.82, 2.24) is 9.97 Å². The zero-order valence-corrected chi connectivity index (χ0v) is 31.0. The second-order valence-electron chi connectivity index (χ2n) is 13.5. The molecule has 3 aromatic rings. The fraction of sp³-hybridized carbons (Fsp3) is 0.528. The minimum absolute atomic E-state index is 0.0113. The van der Waals surface area contributed by atoms with Gasteiger partial charge in [-0.05, 0) is 98.9 Å². The largest absolute Gasteiger partial charge is 0.489 e. The standard InChI is InChI=1S/C36H41F9N4O5S/c1-4-48(19-24-5-7-25(8-6-24)21-53-22-50)32-10-9-28(34(37,38)39)15-27(32)20-49(33-46-17-31(18-47-33)54-11-12-55(3,51)52)23(2)26-13-29(35(40,41)42)16-30(14-26)36(43,44)45/h9-10,13-18,22-25H,4-8,11-12,19-21H2,1-3H3/t23-,24?,25?/m1/s1. The summed E-state index contributed by atoms with van der Waals surface area (Å²) in [7, 11) is -3.40. The van der Waals surface area contributed by atoms with Gasteiger partial charge in [0, 0.05) is 31.6 Å². The van der Waals surface area contributed by atoms with Gasteiger partial charge in [-0.2, -0.15) is 39.5 Å². The maximum Gasteiger partial charge on any atom is 0.416 e. The number of carbonyl (C=O) groups excluding carboxylic acids is 1. The Bertz CT molecular complexity index is 1820. The number of aromatic nitrogens is 2. The van der Waals surface area contributed by atoms with Crippen molar-refractivity contribution in [3.63, 3.8) is 0 Å². The van der Waals surface area contributed by atoms with Crippen LogP contribution in [0.25, 0.3) is 0 Å². The molecule has 0 amide bonds. The summed E-state index contributed by atoms with van der Waals surface area (Å²) in [6.07, 6.45) is -8.87. The Labute approximate surface area is 312 Å². The van der Waals surface area contributed by atoms with Crippen LogP contribution in [0.3, 0.4) is 0 Å². The van der Waals surface area contributed by atoms with E-state index in [1.54, 1.807) is 6.92 Å². The summed E-state index contributed by atoms with van der Waals surface area (Å²) in [4.78, 5) is 22.1. The molecule has 1 aliphatic carbocycles. The van der Waals surface area contributed by atoms with Crippen LogP contribution < -0.4 is 14.5 Å². The number of alkyl halides is 9. The highest BCUT2D eigenvalue weighted by atomic mass is 32.2. The van der Waals surface area contributed by atoms with Gasteiger partial charge < -0.3 is 19.3 Å². The summed E-state index contributed by atoms with van der Waals surface area (Å²) in [5.74, 6) is -0.323. The van der Waals surface area contributed by atoms with E-state index in [0.717, 1.165) is 56.5 Å². The Morgan fingerprint density at radius 2 is 1.42 bits per heavy atom. The molecule has 0 aliphatic heterocycles. The Morgan fingerprint density at radius 3 is 1.93 bits per heavy atom. The first-order valence-corrected chi connectivity index (χ1v) is 19.3. The van der Waals surface area contributed by atoms with Crippen LogP contribution >= 0.6 is 0 Å². The summed E-state index contributed by atoms with van der Waals surface area (Å²) in [6.45, 7) is 3.78. The first kappa shape index (κ1) is 43.4. The lowest BCUT2D eigenvalue weighted by molar-refractivity contribution is -0.143. The number of anilines is 2. The van der Waals surface area contributed by atoms with E-state index >= 15 is 0 Å². The lowest BCUT2D eigenvalue weighted by Crippen LogP contribution is -2.34. The van der Waals surface area contributed by atoms with Crippen LogP contribution in [0.5, 0.6) is 5.75 Å². The van der Waals surface area contributed by atoms with Gasteiger partial charge in [0.15, 0.2) is 15.6 Å². The molecule has 1 saturated carbocycles. The molecular formula is C36H41F9N4O5S. The van der Waals surface area contributed by atoms with Crippen LogP contribution in [0.1, 0.15) is 73.4 Å². The monoisotopic (exact) mass is 812 g/mol. The van der Waals surface area contributed by atoms with Crippen molar-refractivity contribution >= 4 is 27.9 Å². The van der Waals surface area contributed by atoms with Gasteiger partial charge in [0.2, 0.25) is 5.95 Å². The summed E-state index contributed by atoms with van der Waals surface area (Å²) in [6, 6.07) is 2.77. The van der Waals surface area contributed by atoms with Gasteiger partial charge >= 0.3 is 18.5 Å². The molecule has 1 aromatic heterocycles. The highest BCUT2D eigenvalue weighted by molar-refractivity contribution is 7.90. The molecule has 19 heteroatoms. The number of sulfone groups is 1. The van der Waals surface area contributed by atoms with Crippen LogP contribution in [-0.4, -0.2) is 63.2 Å². The van der Waals surface area contributed by atoms with Crippen LogP contribution in [0.4, 0.5) is 51.1 Å². The highest BCUT2D eigenvalue weighted by Gasteiger charge is 2.38. The van der Waals surface area contributed by atoms with E-state index in [1.807, 2.05) is 4.90 Å². The number of halogens is 9. The highest BCUT2D eigenvalue weighted by Crippen LogP contribution is 2.41. The summed E-state index contributed by atoms with van der Waals surface area (Å²) >= 11 is 0. The predicted molar refractivity (Wildman–Crippen MR) is 185 cm³/mol. The van der Waals surface area contributed by atoms with Crippen molar-refractivity contribution in [3.05, 3.63) is 76.6 Å². The molecule has 4 rings (SSSR count). The van der Waals surface area contributed by atoms with E-state index < -0.39 is 63.2 Å². The van der Waals surface area contributed by atoms with E-state index in [2.05, 4.69) is 9.97 Å². The third-order valence-electron chi connectivity index (χ3n) is 9.47.